The molecule has 0 unspecified atom stereocenters. The maximum atomic E-state index is 12.8. The van der Waals surface area contributed by atoms with E-state index >= 15 is 0 Å². The maximum absolute atomic E-state index is 12.8. The van der Waals surface area contributed by atoms with Crippen molar-refractivity contribution in [3.05, 3.63) is 47.3 Å². The number of carbonyl (C=O) groups is 2. The molecule has 3 rings (SSSR count). The molecule has 1 aliphatic rings. The molecular formula is C17H19N3O3. The van der Waals surface area contributed by atoms with Crippen LogP contribution < -0.4 is 4.90 Å². The molecule has 1 aromatic carbocycles. The summed E-state index contributed by atoms with van der Waals surface area (Å²) in [6.45, 7) is 3.89. The van der Waals surface area contributed by atoms with E-state index in [1.807, 2.05) is 44.2 Å². The number of methoxy groups -OCH3 is 1. The lowest BCUT2D eigenvalue weighted by Gasteiger charge is -2.24. The molecule has 0 fully saturated rings. The monoisotopic (exact) mass is 313 g/mol. The van der Waals surface area contributed by atoms with Gasteiger partial charge in [0.25, 0.3) is 0 Å². The standard InChI is InChI=1S/C17H19N3O3/c1-11-8-12(2)19(18-11)10-16(21)20-14-7-5-4-6-13(14)9-15(20)17(22)23-3/h4-8,15H,9-10H2,1-3H3/t15-/m0/s1. The summed E-state index contributed by atoms with van der Waals surface area (Å²) in [7, 11) is 1.34. The van der Waals surface area contributed by atoms with Crippen molar-refractivity contribution in [1.29, 1.82) is 0 Å². The Morgan fingerprint density at radius 1 is 1.30 bits per heavy atom. The van der Waals surface area contributed by atoms with E-state index in [9.17, 15) is 9.59 Å². The first-order chi connectivity index (χ1) is 11.0. The Kier molecular flexibility index (Phi) is 3.90. The van der Waals surface area contributed by atoms with E-state index in [1.54, 1.807) is 4.68 Å². The molecule has 0 radical (unpaired) electrons. The number of anilines is 1. The second-order valence-electron chi connectivity index (χ2n) is 5.72. The highest BCUT2D eigenvalue weighted by Gasteiger charge is 2.38. The molecule has 6 nitrogen and oxygen atoms in total. The summed E-state index contributed by atoms with van der Waals surface area (Å²) >= 11 is 0. The number of para-hydroxylation sites is 1. The number of esters is 1. The summed E-state index contributed by atoms with van der Waals surface area (Å²) < 4.78 is 6.53. The lowest BCUT2D eigenvalue weighted by molar-refractivity contribution is -0.143. The Balaban J connectivity index is 1.92. The number of fused-ring (bicyclic) bond motifs is 1. The SMILES string of the molecule is COC(=O)[C@@H]1Cc2ccccc2N1C(=O)Cn1nc(C)cc1C. The van der Waals surface area contributed by atoms with Gasteiger partial charge >= 0.3 is 5.97 Å². The van der Waals surface area contributed by atoms with Crippen LogP contribution in [0.2, 0.25) is 0 Å². The zero-order chi connectivity index (χ0) is 16.6. The number of aromatic nitrogens is 2. The van der Waals surface area contributed by atoms with E-state index in [2.05, 4.69) is 5.10 Å². The molecule has 23 heavy (non-hydrogen) atoms. The molecule has 0 saturated carbocycles. The number of nitrogens with zero attached hydrogens (tertiary/aromatic N) is 3. The van der Waals surface area contributed by atoms with Crippen LogP contribution in [0.15, 0.2) is 30.3 Å². The Bertz CT molecular complexity index is 766. The van der Waals surface area contributed by atoms with Gasteiger partial charge in [0.15, 0.2) is 0 Å². The van der Waals surface area contributed by atoms with Crippen molar-refractivity contribution in [1.82, 2.24) is 9.78 Å². The largest absolute Gasteiger partial charge is 0.467 e. The van der Waals surface area contributed by atoms with Gasteiger partial charge in [0.2, 0.25) is 5.91 Å². The highest BCUT2D eigenvalue weighted by Crippen LogP contribution is 2.32. The topological polar surface area (TPSA) is 64.4 Å². The van der Waals surface area contributed by atoms with Crippen LogP contribution >= 0.6 is 0 Å². The summed E-state index contributed by atoms with van der Waals surface area (Å²) in [5, 5.41) is 4.32. The van der Waals surface area contributed by atoms with Gasteiger partial charge in [-0.3, -0.25) is 14.4 Å². The van der Waals surface area contributed by atoms with Crippen molar-refractivity contribution in [3.63, 3.8) is 0 Å². The van der Waals surface area contributed by atoms with E-state index in [1.165, 1.54) is 12.0 Å². The van der Waals surface area contributed by atoms with Crippen molar-refractivity contribution in [2.45, 2.75) is 32.9 Å². The van der Waals surface area contributed by atoms with Gasteiger partial charge in [-0.2, -0.15) is 5.10 Å². The van der Waals surface area contributed by atoms with E-state index in [-0.39, 0.29) is 12.5 Å². The zero-order valence-electron chi connectivity index (χ0n) is 13.4. The molecule has 2 aromatic rings. The number of aryl methyl sites for hydroxylation is 2. The second kappa shape index (κ2) is 5.87. The van der Waals surface area contributed by atoms with Gasteiger partial charge in [-0.15, -0.1) is 0 Å². The fourth-order valence-corrected chi connectivity index (χ4v) is 3.06. The van der Waals surface area contributed by atoms with Crippen molar-refractivity contribution in [2.24, 2.45) is 0 Å². The fourth-order valence-electron chi connectivity index (χ4n) is 3.06. The van der Waals surface area contributed by atoms with Gasteiger partial charge in [0, 0.05) is 17.8 Å². The third-order valence-corrected chi connectivity index (χ3v) is 4.11. The molecule has 2 heterocycles. The minimum Gasteiger partial charge on any atom is -0.467 e. The highest BCUT2D eigenvalue weighted by molar-refractivity contribution is 6.02. The van der Waals surface area contributed by atoms with Gasteiger partial charge in [-0.05, 0) is 31.5 Å². The van der Waals surface area contributed by atoms with Crippen LogP contribution in [0.3, 0.4) is 0 Å². The summed E-state index contributed by atoms with van der Waals surface area (Å²) in [6.07, 6.45) is 0.478. The van der Waals surface area contributed by atoms with E-state index < -0.39 is 12.0 Å². The van der Waals surface area contributed by atoms with Crippen molar-refractivity contribution in [2.75, 3.05) is 12.0 Å². The average molecular weight is 313 g/mol. The number of carbonyl (C=O) groups excluding carboxylic acids is 2. The summed E-state index contributed by atoms with van der Waals surface area (Å²) in [5.41, 5.74) is 3.53. The van der Waals surface area contributed by atoms with Crippen LogP contribution in [0.5, 0.6) is 0 Å². The molecule has 1 atom stereocenters. The average Bonchev–Trinajstić information content (AvgIpc) is 3.06. The molecule has 1 aromatic heterocycles. The maximum Gasteiger partial charge on any atom is 0.329 e. The molecule has 6 heteroatoms. The Labute approximate surface area is 134 Å². The number of hydrogen-bond acceptors (Lipinski definition) is 4. The molecule has 0 aliphatic carbocycles. The smallest absolute Gasteiger partial charge is 0.329 e. The molecule has 0 bridgehead atoms. The molecule has 120 valence electrons. The summed E-state index contributed by atoms with van der Waals surface area (Å²) in [6, 6.07) is 8.87. The van der Waals surface area contributed by atoms with Gasteiger partial charge in [0.1, 0.15) is 12.6 Å². The molecule has 0 N–H and O–H groups in total. The van der Waals surface area contributed by atoms with E-state index in [0.717, 1.165) is 22.6 Å². The number of amides is 1. The predicted molar refractivity (Wildman–Crippen MR) is 85.1 cm³/mol. The zero-order valence-corrected chi connectivity index (χ0v) is 13.4. The Morgan fingerprint density at radius 2 is 2.04 bits per heavy atom. The van der Waals surface area contributed by atoms with E-state index in [4.69, 9.17) is 4.74 Å². The Morgan fingerprint density at radius 3 is 2.70 bits per heavy atom. The molecule has 0 saturated heterocycles. The van der Waals surface area contributed by atoms with Crippen LogP contribution in [0, 0.1) is 13.8 Å². The number of hydrogen-bond donors (Lipinski definition) is 0. The first-order valence-electron chi connectivity index (χ1n) is 7.50. The highest BCUT2D eigenvalue weighted by atomic mass is 16.5. The normalized spacial score (nSPS) is 16.3. The number of rotatable bonds is 3. The van der Waals surface area contributed by atoms with Gasteiger partial charge in [0.05, 0.1) is 12.8 Å². The minimum atomic E-state index is -0.609. The van der Waals surface area contributed by atoms with Crippen molar-refractivity contribution < 1.29 is 14.3 Å². The van der Waals surface area contributed by atoms with Crippen LogP contribution in [0.4, 0.5) is 5.69 Å². The fraction of sp³-hybridized carbons (Fsp3) is 0.353. The van der Waals surface area contributed by atoms with Crippen LogP contribution in [0.25, 0.3) is 0 Å². The van der Waals surface area contributed by atoms with Gasteiger partial charge in [-0.1, -0.05) is 18.2 Å². The summed E-state index contributed by atoms with van der Waals surface area (Å²) in [4.78, 5) is 26.4. The lowest BCUT2D eigenvalue weighted by Crippen LogP contribution is -2.45. The molecule has 1 amide bonds. The Hall–Kier alpha value is -2.63. The predicted octanol–water partition coefficient (Wildman–Crippen LogP) is 1.63. The summed E-state index contributed by atoms with van der Waals surface area (Å²) in [5.74, 6) is -0.570. The third-order valence-electron chi connectivity index (χ3n) is 4.11. The molecular weight excluding hydrogens is 294 g/mol. The van der Waals surface area contributed by atoms with Crippen molar-refractivity contribution >= 4 is 17.6 Å². The van der Waals surface area contributed by atoms with Crippen LogP contribution in [0.1, 0.15) is 17.0 Å². The van der Waals surface area contributed by atoms with Crippen LogP contribution in [-0.4, -0.2) is 34.8 Å². The number of ether oxygens (including phenoxy) is 1. The van der Waals surface area contributed by atoms with Gasteiger partial charge in [-0.25, -0.2) is 4.79 Å². The molecule has 0 spiro atoms. The molecule has 1 aliphatic heterocycles. The lowest BCUT2D eigenvalue weighted by atomic mass is 10.1. The number of benzene rings is 1. The second-order valence-corrected chi connectivity index (χ2v) is 5.72. The first kappa shape index (κ1) is 15.3. The third kappa shape index (κ3) is 2.72. The minimum absolute atomic E-state index is 0.0987. The first-order valence-corrected chi connectivity index (χ1v) is 7.50. The quantitative estimate of drug-likeness (QED) is 0.808. The van der Waals surface area contributed by atoms with Crippen molar-refractivity contribution in [3.8, 4) is 0 Å². The van der Waals surface area contributed by atoms with Crippen LogP contribution in [-0.2, 0) is 27.3 Å². The van der Waals surface area contributed by atoms with Gasteiger partial charge < -0.3 is 4.74 Å². The van der Waals surface area contributed by atoms with E-state index in [0.29, 0.717) is 6.42 Å².